The van der Waals surface area contributed by atoms with Crippen molar-refractivity contribution in [2.75, 3.05) is 33.5 Å². The molecule has 0 unspecified atom stereocenters. The van der Waals surface area contributed by atoms with Crippen LogP contribution >= 0.6 is 11.3 Å². The fourth-order valence-electron chi connectivity index (χ4n) is 1.18. The molecule has 0 fully saturated rings. The van der Waals surface area contributed by atoms with E-state index in [2.05, 4.69) is 23.7 Å². The SMILES string of the molecule is COCCOCCNCc1sccc1C. The van der Waals surface area contributed by atoms with Gasteiger partial charge in [0, 0.05) is 25.1 Å². The maximum atomic E-state index is 5.34. The van der Waals surface area contributed by atoms with Gasteiger partial charge in [-0.05, 0) is 23.9 Å². The minimum Gasteiger partial charge on any atom is -0.382 e. The van der Waals surface area contributed by atoms with E-state index < -0.39 is 0 Å². The minimum absolute atomic E-state index is 0.671. The van der Waals surface area contributed by atoms with Crippen LogP contribution in [0.4, 0.5) is 0 Å². The van der Waals surface area contributed by atoms with Gasteiger partial charge in [-0.25, -0.2) is 0 Å². The molecule has 86 valence electrons. The van der Waals surface area contributed by atoms with Crippen LogP contribution in [0.15, 0.2) is 11.4 Å². The van der Waals surface area contributed by atoms with Gasteiger partial charge >= 0.3 is 0 Å². The Kier molecular flexibility index (Phi) is 6.59. The van der Waals surface area contributed by atoms with Gasteiger partial charge in [-0.2, -0.15) is 0 Å². The van der Waals surface area contributed by atoms with Crippen molar-refractivity contribution in [3.05, 3.63) is 21.9 Å². The van der Waals surface area contributed by atoms with Crippen molar-refractivity contribution in [3.63, 3.8) is 0 Å². The van der Waals surface area contributed by atoms with Crippen molar-refractivity contribution < 1.29 is 9.47 Å². The summed E-state index contributed by atoms with van der Waals surface area (Å²) in [6.45, 7) is 6.06. The van der Waals surface area contributed by atoms with Crippen LogP contribution in [-0.4, -0.2) is 33.5 Å². The lowest BCUT2D eigenvalue weighted by molar-refractivity contribution is 0.0719. The third-order valence-electron chi connectivity index (χ3n) is 2.11. The summed E-state index contributed by atoms with van der Waals surface area (Å²) in [6, 6.07) is 2.15. The largest absolute Gasteiger partial charge is 0.382 e. The molecule has 1 aromatic rings. The molecule has 1 rings (SSSR count). The second kappa shape index (κ2) is 7.82. The summed E-state index contributed by atoms with van der Waals surface area (Å²) < 4.78 is 10.2. The van der Waals surface area contributed by atoms with E-state index in [9.17, 15) is 0 Å². The number of rotatable bonds is 8. The maximum Gasteiger partial charge on any atom is 0.0700 e. The van der Waals surface area contributed by atoms with E-state index in [-0.39, 0.29) is 0 Å². The Morgan fingerprint density at radius 3 is 2.87 bits per heavy atom. The van der Waals surface area contributed by atoms with E-state index >= 15 is 0 Å². The molecule has 0 atom stereocenters. The van der Waals surface area contributed by atoms with Crippen molar-refractivity contribution in [1.29, 1.82) is 0 Å². The monoisotopic (exact) mass is 229 g/mol. The van der Waals surface area contributed by atoms with Gasteiger partial charge in [0.25, 0.3) is 0 Å². The number of hydrogen-bond donors (Lipinski definition) is 1. The summed E-state index contributed by atoms with van der Waals surface area (Å²) in [7, 11) is 1.68. The van der Waals surface area contributed by atoms with Crippen LogP contribution in [-0.2, 0) is 16.0 Å². The third-order valence-corrected chi connectivity index (χ3v) is 3.13. The lowest BCUT2D eigenvalue weighted by Crippen LogP contribution is -2.20. The van der Waals surface area contributed by atoms with Gasteiger partial charge in [0.1, 0.15) is 0 Å². The first-order valence-electron chi connectivity index (χ1n) is 5.15. The van der Waals surface area contributed by atoms with E-state index in [1.54, 1.807) is 18.4 Å². The highest BCUT2D eigenvalue weighted by Gasteiger charge is 1.97. The highest BCUT2D eigenvalue weighted by molar-refractivity contribution is 7.10. The number of hydrogen-bond acceptors (Lipinski definition) is 4. The van der Waals surface area contributed by atoms with Crippen LogP contribution in [0.3, 0.4) is 0 Å². The van der Waals surface area contributed by atoms with E-state index in [1.165, 1.54) is 10.4 Å². The quantitative estimate of drug-likeness (QED) is 0.690. The lowest BCUT2D eigenvalue weighted by atomic mass is 10.3. The lowest BCUT2D eigenvalue weighted by Gasteiger charge is -2.05. The van der Waals surface area contributed by atoms with E-state index in [1.807, 2.05) is 0 Å². The molecule has 1 aromatic heterocycles. The summed E-state index contributed by atoms with van der Waals surface area (Å²) >= 11 is 1.80. The Bertz CT molecular complexity index is 263. The molecule has 0 aliphatic carbocycles. The first-order valence-corrected chi connectivity index (χ1v) is 6.03. The molecule has 0 aliphatic heterocycles. The molecule has 0 aromatic carbocycles. The van der Waals surface area contributed by atoms with Gasteiger partial charge < -0.3 is 14.8 Å². The highest BCUT2D eigenvalue weighted by atomic mass is 32.1. The van der Waals surface area contributed by atoms with Crippen LogP contribution in [0.1, 0.15) is 10.4 Å². The van der Waals surface area contributed by atoms with Crippen LogP contribution in [0.5, 0.6) is 0 Å². The number of aryl methyl sites for hydroxylation is 1. The van der Waals surface area contributed by atoms with Crippen LogP contribution in [0.25, 0.3) is 0 Å². The Labute approximate surface area is 95.4 Å². The van der Waals surface area contributed by atoms with Crippen LogP contribution in [0.2, 0.25) is 0 Å². The summed E-state index contributed by atoms with van der Waals surface area (Å²) in [4.78, 5) is 1.41. The smallest absolute Gasteiger partial charge is 0.0700 e. The van der Waals surface area contributed by atoms with Crippen LogP contribution in [0, 0.1) is 6.92 Å². The molecule has 0 saturated carbocycles. The Balaban J connectivity index is 1.96. The van der Waals surface area contributed by atoms with E-state index in [0.29, 0.717) is 13.2 Å². The number of methoxy groups -OCH3 is 1. The zero-order valence-electron chi connectivity index (χ0n) is 9.41. The molecule has 4 heteroatoms. The summed E-state index contributed by atoms with van der Waals surface area (Å²) in [6.07, 6.45) is 0. The summed E-state index contributed by atoms with van der Waals surface area (Å²) in [5.41, 5.74) is 1.37. The molecule has 0 amide bonds. The first-order chi connectivity index (χ1) is 7.34. The molecule has 1 N–H and O–H groups in total. The minimum atomic E-state index is 0.671. The van der Waals surface area contributed by atoms with E-state index in [0.717, 1.165) is 19.7 Å². The molecule has 0 bridgehead atoms. The Morgan fingerprint density at radius 1 is 1.33 bits per heavy atom. The summed E-state index contributed by atoms with van der Waals surface area (Å²) in [5, 5.41) is 5.48. The number of thiophene rings is 1. The van der Waals surface area contributed by atoms with Gasteiger partial charge in [-0.3, -0.25) is 0 Å². The zero-order valence-corrected chi connectivity index (χ0v) is 10.2. The molecule has 0 saturated heterocycles. The topological polar surface area (TPSA) is 30.5 Å². The second-order valence-electron chi connectivity index (χ2n) is 3.31. The maximum absolute atomic E-state index is 5.34. The molecule has 3 nitrogen and oxygen atoms in total. The molecule has 0 aliphatic rings. The fraction of sp³-hybridized carbons (Fsp3) is 0.636. The molecular formula is C11H19NO2S. The molecule has 0 radical (unpaired) electrons. The van der Waals surface area contributed by atoms with Gasteiger partial charge in [-0.15, -0.1) is 11.3 Å². The predicted octanol–water partition coefficient (Wildman–Crippen LogP) is 1.81. The fourth-order valence-corrected chi connectivity index (χ4v) is 2.05. The average molecular weight is 229 g/mol. The number of ether oxygens (including phenoxy) is 2. The highest BCUT2D eigenvalue weighted by Crippen LogP contribution is 2.14. The molecule has 15 heavy (non-hydrogen) atoms. The second-order valence-corrected chi connectivity index (χ2v) is 4.31. The first kappa shape index (κ1) is 12.6. The number of nitrogens with one attached hydrogen (secondary N) is 1. The van der Waals surface area contributed by atoms with Gasteiger partial charge in [0.15, 0.2) is 0 Å². The van der Waals surface area contributed by atoms with Crippen molar-refractivity contribution in [3.8, 4) is 0 Å². The van der Waals surface area contributed by atoms with Gasteiger partial charge in [0.2, 0.25) is 0 Å². The van der Waals surface area contributed by atoms with Crippen molar-refractivity contribution in [1.82, 2.24) is 5.32 Å². The molecule has 1 heterocycles. The molecular weight excluding hydrogens is 210 g/mol. The average Bonchev–Trinajstić information content (AvgIpc) is 2.63. The zero-order chi connectivity index (χ0) is 10.9. The normalized spacial score (nSPS) is 10.8. The van der Waals surface area contributed by atoms with Gasteiger partial charge in [0.05, 0.1) is 19.8 Å². The van der Waals surface area contributed by atoms with Crippen molar-refractivity contribution in [2.45, 2.75) is 13.5 Å². The Morgan fingerprint density at radius 2 is 2.20 bits per heavy atom. The standard InChI is InChI=1S/C11H19NO2S/c1-10-3-8-15-11(10)9-12-4-5-14-7-6-13-2/h3,8,12H,4-7,9H2,1-2H3. The van der Waals surface area contributed by atoms with E-state index in [4.69, 9.17) is 9.47 Å². The van der Waals surface area contributed by atoms with Crippen molar-refractivity contribution in [2.24, 2.45) is 0 Å². The summed E-state index contributed by atoms with van der Waals surface area (Å²) in [5.74, 6) is 0. The van der Waals surface area contributed by atoms with Gasteiger partial charge in [-0.1, -0.05) is 0 Å². The van der Waals surface area contributed by atoms with Crippen LogP contribution < -0.4 is 5.32 Å². The predicted molar refractivity (Wildman–Crippen MR) is 63.5 cm³/mol. The van der Waals surface area contributed by atoms with Crippen molar-refractivity contribution >= 4 is 11.3 Å². The molecule has 0 spiro atoms. The third kappa shape index (κ3) is 5.28. The Hall–Kier alpha value is -0.420.